The lowest BCUT2D eigenvalue weighted by Crippen LogP contribution is -2.45. The molecule has 1 aromatic heterocycles. The fourth-order valence-electron chi connectivity index (χ4n) is 4.50. The maximum Gasteiger partial charge on any atom is 0.317 e. The van der Waals surface area contributed by atoms with E-state index in [1.807, 2.05) is 0 Å². The average molecular weight is 502 g/mol. The van der Waals surface area contributed by atoms with Crippen LogP contribution in [0.2, 0.25) is 0 Å². The Morgan fingerprint density at radius 3 is 1.89 bits per heavy atom. The van der Waals surface area contributed by atoms with Crippen LogP contribution in [0.1, 0.15) is 12.8 Å². The van der Waals surface area contributed by atoms with Crippen molar-refractivity contribution < 1.29 is 18.4 Å². The third-order valence-corrected chi connectivity index (χ3v) is 6.53. The third-order valence-electron chi connectivity index (χ3n) is 6.53. The lowest BCUT2D eigenvalue weighted by atomic mass is 9.96. The molecule has 2 heterocycles. The molecule has 37 heavy (non-hydrogen) atoms. The number of urea groups is 1. The van der Waals surface area contributed by atoms with Crippen LogP contribution in [0.3, 0.4) is 0 Å². The molecule has 7 nitrogen and oxygen atoms in total. The van der Waals surface area contributed by atoms with Crippen LogP contribution in [-0.2, 0) is 4.79 Å². The lowest BCUT2D eigenvalue weighted by Gasteiger charge is -2.30. The molecule has 0 bridgehead atoms. The molecule has 0 saturated carbocycles. The van der Waals surface area contributed by atoms with Crippen molar-refractivity contribution in [2.45, 2.75) is 12.8 Å². The number of benzene rings is 3. The minimum atomic E-state index is -0.369. The Labute approximate surface area is 212 Å². The van der Waals surface area contributed by atoms with E-state index in [1.165, 1.54) is 24.3 Å². The summed E-state index contributed by atoms with van der Waals surface area (Å²) in [5, 5.41) is 5.57. The molecule has 0 radical (unpaired) electrons. The van der Waals surface area contributed by atoms with Crippen molar-refractivity contribution in [3.8, 4) is 22.5 Å². The minimum Gasteiger partial charge on any atom is -0.341 e. The summed E-state index contributed by atoms with van der Waals surface area (Å²) in [6, 6.07) is 17.1. The first-order chi connectivity index (χ1) is 17.9. The van der Waals surface area contributed by atoms with Gasteiger partial charge in [-0.25, -0.2) is 23.5 Å². The molecule has 0 unspecified atom stereocenters. The van der Waals surface area contributed by atoms with Gasteiger partial charge in [0.25, 0.3) is 0 Å². The number of hydrogen-bond donors (Lipinski definition) is 2. The predicted molar refractivity (Wildman–Crippen MR) is 138 cm³/mol. The Kier molecular flexibility index (Phi) is 6.76. The van der Waals surface area contributed by atoms with E-state index in [9.17, 15) is 18.4 Å². The average Bonchev–Trinajstić information content (AvgIpc) is 2.93. The molecule has 4 aromatic rings. The number of carbonyl (C=O) groups excluding carboxylic acids is 2. The van der Waals surface area contributed by atoms with Crippen LogP contribution in [0.4, 0.5) is 19.3 Å². The molecule has 0 aliphatic carbocycles. The number of aromatic nitrogens is 2. The third kappa shape index (κ3) is 5.25. The summed E-state index contributed by atoms with van der Waals surface area (Å²) in [4.78, 5) is 36.0. The van der Waals surface area contributed by atoms with Gasteiger partial charge in [-0.2, -0.15) is 0 Å². The van der Waals surface area contributed by atoms with Gasteiger partial charge in [-0.05, 0) is 79.6 Å². The van der Waals surface area contributed by atoms with Gasteiger partial charge in [-0.3, -0.25) is 4.79 Å². The minimum absolute atomic E-state index is 0.106. The normalized spacial score (nSPS) is 14.0. The van der Waals surface area contributed by atoms with Crippen molar-refractivity contribution in [3.05, 3.63) is 78.4 Å². The summed E-state index contributed by atoms with van der Waals surface area (Å²) in [5.74, 6) is -1.03. The SMILES string of the molecule is CNC(=O)N1CCC(C(=O)Nc2ccc3nc(-c4ccc(F)cc4)c(-c4ccc(F)cc4)nc3c2)CC1. The Morgan fingerprint density at radius 1 is 0.811 bits per heavy atom. The summed E-state index contributed by atoms with van der Waals surface area (Å²) in [5.41, 5.74) is 4.13. The Morgan fingerprint density at radius 2 is 1.35 bits per heavy atom. The molecule has 188 valence electrons. The molecule has 1 aliphatic rings. The number of halogens is 2. The molecule has 3 amide bonds. The summed E-state index contributed by atoms with van der Waals surface area (Å²) in [6.07, 6.45) is 1.17. The number of likely N-dealkylation sites (tertiary alicyclic amines) is 1. The smallest absolute Gasteiger partial charge is 0.317 e. The standard InChI is InChI=1S/C28H25F2N5O2/c1-31-28(37)35-14-12-19(13-15-35)27(36)32-22-10-11-23-24(16-22)34-26(18-4-8-21(30)9-5-18)25(33-23)17-2-6-20(29)7-3-17/h2-11,16,19H,12-15H2,1H3,(H,31,37)(H,32,36). The zero-order valence-corrected chi connectivity index (χ0v) is 20.2. The van der Waals surface area contributed by atoms with Gasteiger partial charge < -0.3 is 15.5 Å². The van der Waals surface area contributed by atoms with Crippen molar-refractivity contribution in [1.29, 1.82) is 0 Å². The number of nitrogens with one attached hydrogen (secondary N) is 2. The quantitative estimate of drug-likeness (QED) is 0.401. The number of anilines is 1. The Hall–Kier alpha value is -4.40. The van der Waals surface area contributed by atoms with Crippen LogP contribution in [0.5, 0.6) is 0 Å². The highest BCUT2D eigenvalue weighted by molar-refractivity contribution is 5.95. The molecule has 3 aromatic carbocycles. The summed E-state index contributed by atoms with van der Waals surface area (Å²) in [7, 11) is 1.59. The fourth-order valence-corrected chi connectivity index (χ4v) is 4.50. The number of rotatable bonds is 4. The Balaban J connectivity index is 1.44. The first-order valence-corrected chi connectivity index (χ1v) is 12.0. The van der Waals surface area contributed by atoms with E-state index in [-0.39, 0.29) is 29.5 Å². The van der Waals surface area contributed by atoms with Crippen molar-refractivity contribution in [1.82, 2.24) is 20.2 Å². The summed E-state index contributed by atoms with van der Waals surface area (Å²) < 4.78 is 27.1. The molecule has 0 spiro atoms. The van der Waals surface area contributed by atoms with E-state index in [1.54, 1.807) is 54.4 Å². The predicted octanol–water partition coefficient (Wildman–Crippen LogP) is 5.23. The van der Waals surface area contributed by atoms with Gasteiger partial charge in [0, 0.05) is 42.9 Å². The highest BCUT2D eigenvalue weighted by Crippen LogP contribution is 2.32. The highest BCUT2D eigenvalue weighted by atomic mass is 19.1. The van der Waals surface area contributed by atoms with Gasteiger partial charge in [-0.1, -0.05) is 0 Å². The second kappa shape index (κ2) is 10.3. The van der Waals surface area contributed by atoms with Gasteiger partial charge in [0.1, 0.15) is 11.6 Å². The maximum atomic E-state index is 13.6. The van der Waals surface area contributed by atoms with Crippen LogP contribution < -0.4 is 10.6 Å². The first-order valence-electron chi connectivity index (χ1n) is 12.0. The van der Waals surface area contributed by atoms with E-state index in [4.69, 9.17) is 9.97 Å². The van der Waals surface area contributed by atoms with Crippen LogP contribution in [0.15, 0.2) is 66.7 Å². The van der Waals surface area contributed by atoms with Crippen molar-refractivity contribution >= 4 is 28.7 Å². The summed E-state index contributed by atoms with van der Waals surface area (Å²) in [6.45, 7) is 1.04. The van der Waals surface area contributed by atoms with E-state index in [0.29, 0.717) is 65.2 Å². The van der Waals surface area contributed by atoms with E-state index >= 15 is 0 Å². The number of amides is 3. The maximum absolute atomic E-state index is 13.6. The molecule has 1 fully saturated rings. The topological polar surface area (TPSA) is 87.2 Å². The Bertz CT molecular complexity index is 1450. The van der Waals surface area contributed by atoms with Gasteiger partial charge in [0.2, 0.25) is 5.91 Å². The first kappa shape index (κ1) is 24.3. The van der Waals surface area contributed by atoms with Crippen LogP contribution in [0.25, 0.3) is 33.5 Å². The number of carbonyl (C=O) groups is 2. The van der Waals surface area contributed by atoms with Crippen molar-refractivity contribution in [3.63, 3.8) is 0 Å². The van der Waals surface area contributed by atoms with Crippen molar-refractivity contribution in [2.24, 2.45) is 5.92 Å². The summed E-state index contributed by atoms with van der Waals surface area (Å²) >= 11 is 0. The van der Waals surface area contributed by atoms with E-state index in [2.05, 4.69) is 10.6 Å². The number of fused-ring (bicyclic) bond motifs is 1. The molecule has 2 N–H and O–H groups in total. The highest BCUT2D eigenvalue weighted by Gasteiger charge is 2.27. The molecule has 0 atom stereocenters. The van der Waals surface area contributed by atoms with Crippen molar-refractivity contribution in [2.75, 3.05) is 25.5 Å². The van der Waals surface area contributed by atoms with Crippen LogP contribution in [0, 0.1) is 17.6 Å². The van der Waals surface area contributed by atoms with Gasteiger partial charge in [-0.15, -0.1) is 0 Å². The van der Waals surface area contributed by atoms with Gasteiger partial charge in [0.05, 0.1) is 22.4 Å². The number of piperidine rings is 1. The molecule has 1 saturated heterocycles. The van der Waals surface area contributed by atoms with E-state index in [0.717, 1.165) is 0 Å². The fraction of sp³-hybridized carbons (Fsp3) is 0.214. The number of nitrogens with zero attached hydrogens (tertiary/aromatic N) is 3. The van der Waals surface area contributed by atoms with Crippen LogP contribution in [-0.4, -0.2) is 46.9 Å². The zero-order valence-electron chi connectivity index (χ0n) is 20.2. The van der Waals surface area contributed by atoms with E-state index < -0.39 is 0 Å². The van der Waals surface area contributed by atoms with Crippen LogP contribution >= 0.6 is 0 Å². The monoisotopic (exact) mass is 501 g/mol. The second-order valence-electron chi connectivity index (χ2n) is 8.94. The lowest BCUT2D eigenvalue weighted by molar-refractivity contribution is -0.121. The number of hydrogen-bond acceptors (Lipinski definition) is 4. The largest absolute Gasteiger partial charge is 0.341 e. The molecular formula is C28H25F2N5O2. The molecule has 1 aliphatic heterocycles. The van der Waals surface area contributed by atoms with Gasteiger partial charge in [0.15, 0.2) is 0 Å². The second-order valence-corrected chi connectivity index (χ2v) is 8.94. The van der Waals surface area contributed by atoms with Gasteiger partial charge >= 0.3 is 6.03 Å². The molecule has 5 rings (SSSR count). The molecular weight excluding hydrogens is 476 g/mol. The molecule has 9 heteroatoms. The zero-order chi connectivity index (χ0) is 25.9.